The summed E-state index contributed by atoms with van der Waals surface area (Å²) in [5.74, 6) is 6.22. The van der Waals surface area contributed by atoms with Gasteiger partial charge < -0.3 is 14.7 Å². The van der Waals surface area contributed by atoms with Crippen LogP contribution in [0.1, 0.15) is 37.5 Å². The van der Waals surface area contributed by atoms with E-state index in [1.807, 2.05) is 12.1 Å². The Bertz CT molecular complexity index is 1280. The summed E-state index contributed by atoms with van der Waals surface area (Å²) in [5, 5.41) is 9.83. The van der Waals surface area contributed by atoms with Crippen LogP contribution in [0.25, 0.3) is 15.9 Å². The smallest absolute Gasteiger partial charge is 0.275 e. The summed E-state index contributed by atoms with van der Waals surface area (Å²) in [4.78, 5) is 20.6. The van der Waals surface area contributed by atoms with E-state index in [0.29, 0.717) is 43.6 Å². The van der Waals surface area contributed by atoms with Crippen molar-refractivity contribution in [3.8, 4) is 23.3 Å². The van der Waals surface area contributed by atoms with E-state index < -0.39 is 6.10 Å². The van der Waals surface area contributed by atoms with E-state index in [-0.39, 0.29) is 11.7 Å². The number of rotatable bonds is 3. The van der Waals surface area contributed by atoms with Gasteiger partial charge in [0.2, 0.25) is 0 Å². The molecule has 0 saturated carbocycles. The van der Waals surface area contributed by atoms with Gasteiger partial charge in [0.1, 0.15) is 29.0 Å². The van der Waals surface area contributed by atoms with Crippen molar-refractivity contribution in [1.29, 1.82) is 0 Å². The summed E-state index contributed by atoms with van der Waals surface area (Å²) in [6.45, 7) is 1.60. The first-order valence-electron chi connectivity index (χ1n) is 10.8. The average molecular weight is 470 g/mol. The quantitative estimate of drug-likeness (QED) is 0.590. The fourth-order valence-corrected chi connectivity index (χ4v) is 5.83. The first-order valence-corrected chi connectivity index (χ1v) is 12.0. The molecule has 2 aliphatic rings. The summed E-state index contributed by atoms with van der Waals surface area (Å²) in [5.41, 5.74) is 1.05. The molecule has 4 atom stereocenters. The van der Waals surface area contributed by atoms with E-state index in [9.17, 15) is 9.90 Å². The lowest BCUT2D eigenvalue weighted by molar-refractivity contribution is 0.0662. The van der Waals surface area contributed by atoms with Crippen molar-refractivity contribution in [1.82, 2.24) is 14.5 Å². The molecular formula is C24H24ClN3O3S. The number of piperidine rings is 1. The molecule has 5 rings (SSSR count). The van der Waals surface area contributed by atoms with Gasteiger partial charge in [-0.05, 0) is 63.9 Å². The number of fused-ring (bicyclic) bond motifs is 3. The molecule has 2 aliphatic heterocycles. The van der Waals surface area contributed by atoms with Crippen LogP contribution in [0.5, 0.6) is 5.75 Å². The van der Waals surface area contributed by atoms with Crippen LogP contribution in [0.3, 0.4) is 0 Å². The minimum atomic E-state index is -0.725. The Kier molecular flexibility index (Phi) is 5.72. The molecule has 0 radical (unpaired) electrons. The molecule has 32 heavy (non-hydrogen) atoms. The van der Waals surface area contributed by atoms with E-state index in [1.54, 1.807) is 19.1 Å². The van der Waals surface area contributed by atoms with Crippen molar-refractivity contribution < 1.29 is 9.84 Å². The molecular weight excluding hydrogens is 446 g/mol. The van der Waals surface area contributed by atoms with Crippen LogP contribution in [-0.2, 0) is 0 Å². The summed E-state index contributed by atoms with van der Waals surface area (Å²) in [6.07, 6.45) is 5.46. The van der Waals surface area contributed by atoms with Crippen molar-refractivity contribution in [3.05, 3.63) is 50.8 Å². The first-order chi connectivity index (χ1) is 15.4. The number of halogens is 1. The molecule has 0 aliphatic carbocycles. The van der Waals surface area contributed by atoms with Gasteiger partial charge in [0.15, 0.2) is 0 Å². The van der Waals surface area contributed by atoms with Gasteiger partial charge in [0.25, 0.3) is 5.56 Å². The van der Waals surface area contributed by atoms with Crippen LogP contribution in [0, 0.1) is 11.8 Å². The highest BCUT2D eigenvalue weighted by Crippen LogP contribution is 2.37. The van der Waals surface area contributed by atoms with Gasteiger partial charge in [-0.2, -0.15) is 0 Å². The third kappa shape index (κ3) is 4.04. The number of thiophene rings is 1. The second-order valence-electron chi connectivity index (χ2n) is 8.57. The average Bonchev–Trinajstić information content (AvgIpc) is 3.25. The largest absolute Gasteiger partial charge is 0.489 e. The van der Waals surface area contributed by atoms with E-state index in [0.717, 1.165) is 12.8 Å². The van der Waals surface area contributed by atoms with Crippen molar-refractivity contribution >= 4 is 33.2 Å². The maximum absolute atomic E-state index is 13.1. The number of hydrogen-bond donors (Lipinski definition) is 1. The highest BCUT2D eigenvalue weighted by Gasteiger charge is 2.39. The number of aliphatic hydroxyl groups excluding tert-OH is 1. The summed E-state index contributed by atoms with van der Waals surface area (Å²) >= 11 is 7.82. The van der Waals surface area contributed by atoms with Crippen LogP contribution in [0.15, 0.2) is 35.4 Å². The van der Waals surface area contributed by atoms with Crippen LogP contribution >= 0.6 is 22.9 Å². The molecule has 1 N–H and O–H groups in total. The molecule has 2 saturated heterocycles. The third-order valence-electron chi connectivity index (χ3n) is 6.38. The van der Waals surface area contributed by atoms with E-state index in [1.165, 1.54) is 35.1 Å². The van der Waals surface area contributed by atoms with Gasteiger partial charge in [-0.1, -0.05) is 23.4 Å². The zero-order valence-electron chi connectivity index (χ0n) is 17.9. The Morgan fingerprint density at radius 2 is 2.03 bits per heavy atom. The van der Waals surface area contributed by atoms with Crippen LogP contribution in [0.4, 0.5) is 0 Å². The third-order valence-corrected chi connectivity index (χ3v) is 7.71. The predicted octanol–water partition coefficient (Wildman–Crippen LogP) is 3.84. The SMILES string of the molecule is CC(O)C#Cc1cc2ncn(-c3ccc(OC4C[C@H]5CC[C@@H](C4)N5C)c(Cl)c3)c(=O)c2s1. The molecule has 2 fully saturated rings. The van der Waals surface area contributed by atoms with Gasteiger partial charge >= 0.3 is 0 Å². The number of aliphatic hydroxyl groups is 1. The van der Waals surface area contributed by atoms with E-state index in [4.69, 9.17) is 16.3 Å². The maximum atomic E-state index is 13.1. The molecule has 166 valence electrons. The molecule has 6 nitrogen and oxygen atoms in total. The molecule has 3 aromatic rings. The number of aromatic nitrogens is 2. The van der Waals surface area contributed by atoms with Crippen LogP contribution < -0.4 is 10.3 Å². The lowest BCUT2D eigenvalue weighted by Gasteiger charge is -2.36. The summed E-state index contributed by atoms with van der Waals surface area (Å²) < 4.78 is 8.26. The molecule has 2 aromatic heterocycles. The zero-order valence-corrected chi connectivity index (χ0v) is 19.5. The number of hydrogen-bond acceptors (Lipinski definition) is 6. The Hall–Kier alpha value is -2.37. The first kappa shape index (κ1) is 21.5. The fourth-order valence-electron chi connectivity index (χ4n) is 4.71. The Labute approximate surface area is 195 Å². The second-order valence-corrected chi connectivity index (χ2v) is 10.0. The summed E-state index contributed by atoms with van der Waals surface area (Å²) in [7, 11) is 2.21. The monoisotopic (exact) mass is 469 g/mol. The van der Waals surface area contributed by atoms with Crippen LogP contribution in [-0.4, -0.2) is 50.9 Å². The number of ether oxygens (including phenoxy) is 1. The van der Waals surface area contributed by atoms with Gasteiger partial charge in [0, 0.05) is 12.1 Å². The van der Waals surface area contributed by atoms with Crippen molar-refractivity contribution in [2.24, 2.45) is 0 Å². The Balaban J connectivity index is 1.39. The van der Waals surface area contributed by atoms with Crippen LogP contribution in [0.2, 0.25) is 5.02 Å². The van der Waals surface area contributed by atoms with E-state index in [2.05, 4.69) is 28.8 Å². The molecule has 4 heterocycles. The second kappa shape index (κ2) is 8.53. The Morgan fingerprint density at radius 3 is 2.72 bits per heavy atom. The molecule has 2 bridgehead atoms. The molecule has 8 heteroatoms. The molecule has 2 unspecified atom stereocenters. The Morgan fingerprint density at radius 1 is 1.28 bits per heavy atom. The molecule has 1 aromatic carbocycles. The fraction of sp³-hybridized carbons (Fsp3) is 0.417. The van der Waals surface area contributed by atoms with Gasteiger partial charge in [-0.25, -0.2) is 4.98 Å². The van der Waals surface area contributed by atoms with Crippen molar-refractivity contribution in [2.75, 3.05) is 7.05 Å². The zero-order chi connectivity index (χ0) is 22.4. The highest BCUT2D eigenvalue weighted by molar-refractivity contribution is 7.19. The van der Waals surface area contributed by atoms with Gasteiger partial charge in [-0.15, -0.1) is 11.3 Å². The topological polar surface area (TPSA) is 67.6 Å². The summed E-state index contributed by atoms with van der Waals surface area (Å²) in [6, 6.07) is 8.36. The molecule has 0 spiro atoms. The van der Waals surface area contributed by atoms with Gasteiger partial charge in [0.05, 0.1) is 21.1 Å². The minimum absolute atomic E-state index is 0.167. The lowest BCUT2D eigenvalue weighted by atomic mass is 10.0. The van der Waals surface area contributed by atoms with Gasteiger partial charge in [-0.3, -0.25) is 9.36 Å². The van der Waals surface area contributed by atoms with Crippen molar-refractivity contribution in [3.63, 3.8) is 0 Å². The normalized spacial score (nSPS) is 23.7. The molecule has 0 amide bonds. The maximum Gasteiger partial charge on any atom is 0.275 e. The lowest BCUT2D eigenvalue weighted by Crippen LogP contribution is -2.43. The van der Waals surface area contributed by atoms with Crippen molar-refractivity contribution in [2.45, 2.75) is 56.9 Å². The predicted molar refractivity (Wildman–Crippen MR) is 127 cm³/mol. The standard InChI is InChI=1S/C24H24ClN3O3S/c1-14(29)3-7-19-12-21-23(32-19)24(30)28(13-26-21)17-6-8-22(20(25)11-17)31-18-9-15-4-5-16(10-18)27(15)2/h6,8,11-16,18,29H,4-5,9-10H2,1-2H3/t14?,15-,16+,18?. The number of benzene rings is 1. The van der Waals surface area contributed by atoms with E-state index >= 15 is 0 Å². The number of nitrogens with zero attached hydrogens (tertiary/aromatic N) is 3. The minimum Gasteiger partial charge on any atom is -0.489 e. The highest BCUT2D eigenvalue weighted by atomic mass is 35.5.